The second kappa shape index (κ2) is 11.9. The Labute approximate surface area is 266 Å². The molecule has 0 aliphatic heterocycles. The van der Waals surface area contributed by atoms with Crippen LogP contribution in [0.15, 0.2) is 158 Å². The van der Waals surface area contributed by atoms with Gasteiger partial charge in [0.15, 0.2) is 0 Å². The van der Waals surface area contributed by atoms with Crippen LogP contribution in [0, 0.1) is 0 Å². The number of hydrogen-bond donors (Lipinski definition) is 0. The summed E-state index contributed by atoms with van der Waals surface area (Å²) in [4.78, 5) is 28.1. The molecule has 6 heteroatoms. The van der Waals surface area contributed by atoms with Crippen molar-refractivity contribution in [1.29, 1.82) is 0 Å². The molecule has 8 rings (SSSR count). The van der Waals surface area contributed by atoms with E-state index in [1.807, 2.05) is 72.8 Å². The lowest BCUT2D eigenvalue weighted by Crippen LogP contribution is -1.94. The molecule has 46 heavy (non-hydrogen) atoms. The highest BCUT2D eigenvalue weighted by Gasteiger charge is 2.13. The van der Waals surface area contributed by atoms with Crippen LogP contribution in [0.2, 0.25) is 0 Å². The maximum absolute atomic E-state index is 4.93. The van der Waals surface area contributed by atoms with Crippen molar-refractivity contribution in [2.75, 3.05) is 0 Å². The fourth-order valence-corrected chi connectivity index (χ4v) is 5.58. The molecule has 0 spiro atoms. The molecule has 0 aliphatic rings. The third-order valence-electron chi connectivity index (χ3n) is 7.87. The predicted molar refractivity (Wildman–Crippen MR) is 183 cm³/mol. The summed E-state index contributed by atoms with van der Waals surface area (Å²) in [7, 11) is 0. The Morgan fingerprint density at radius 1 is 0.261 bits per heavy atom. The SMILES string of the molecule is c1ccc(-c2cc(-c3ccc4cc(-c5cc(-c6ccccn6)nc(-c6ccccn6)c5)ccc4c3)cc(-c3ccccn3)n2)nc1. The average molecular weight is 591 g/mol. The fraction of sp³-hybridized carbons (Fsp3) is 0. The van der Waals surface area contributed by atoms with Crippen molar-refractivity contribution in [2.24, 2.45) is 0 Å². The molecule has 0 saturated heterocycles. The molecule has 2 aromatic carbocycles. The Morgan fingerprint density at radius 2 is 0.587 bits per heavy atom. The van der Waals surface area contributed by atoms with Gasteiger partial charge in [-0.1, -0.05) is 48.5 Å². The van der Waals surface area contributed by atoms with E-state index in [2.05, 4.69) is 80.6 Å². The fourth-order valence-electron chi connectivity index (χ4n) is 5.58. The summed E-state index contributed by atoms with van der Waals surface area (Å²) in [6.07, 6.45) is 7.16. The molecule has 0 N–H and O–H groups in total. The minimum Gasteiger partial charge on any atom is -0.255 e. The van der Waals surface area contributed by atoms with E-state index in [-0.39, 0.29) is 0 Å². The van der Waals surface area contributed by atoms with E-state index in [1.165, 1.54) is 0 Å². The van der Waals surface area contributed by atoms with Gasteiger partial charge in [0.2, 0.25) is 0 Å². The second-order valence-corrected chi connectivity index (χ2v) is 10.9. The molecule has 6 aromatic heterocycles. The zero-order valence-electron chi connectivity index (χ0n) is 24.7. The Kier molecular flexibility index (Phi) is 7.05. The van der Waals surface area contributed by atoms with Gasteiger partial charge in [0.05, 0.1) is 45.6 Å². The molecule has 0 amide bonds. The maximum Gasteiger partial charge on any atom is 0.0900 e. The molecule has 0 unspecified atom stereocenters. The second-order valence-electron chi connectivity index (χ2n) is 10.9. The zero-order valence-corrected chi connectivity index (χ0v) is 24.7. The van der Waals surface area contributed by atoms with Gasteiger partial charge in [0.1, 0.15) is 0 Å². The molecule has 0 fully saturated rings. The van der Waals surface area contributed by atoms with E-state index in [1.54, 1.807) is 24.8 Å². The first-order valence-corrected chi connectivity index (χ1v) is 15.0. The third-order valence-corrected chi connectivity index (χ3v) is 7.87. The number of rotatable bonds is 6. The summed E-state index contributed by atoms with van der Waals surface area (Å²) in [5.41, 5.74) is 10.8. The van der Waals surface area contributed by atoms with Gasteiger partial charge >= 0.3 is 0 Å². The Bertz CT molecular complexity index is 2010. The number of pyridine rings is 6. The summed E-state index contributed by atoms with van der Waals surface area (Å²) in [6.45, 7) is 0. The molecule has 6 heterocycles. The van der Waals surface area contributed by atoms with Gasteiger partial charge in [-0.15, -0.1) is 0 Å². The van der Waals surface area contributed by atoms with Crippen molar-refractivity contribution in [3.05, 3.63) is 158 Å². The predicted octanol–water partition coefficient (Wildman–Crippen LogP) is 9.21. The van der Waals surface area contributed by atoms with Crippen LogP contribution in [0.3, 0.4) is 0 Å². The van der Waals surface area contributed by atoms with Crippen molar-refractivity contribution < 1.29 is 0 Å². The molecule has 0 bridgehead atoms. The lowest BCUT2D eigenvalue weighted by Gasteiger charge is -2.12. The molecule has 0 atom stereocenters. The normalized spacial score (nSPS) is 11.0. The maximum atomic E-state index is 4.93. The lowest BCUT2D eigenvalue weighted by molar-refractivity contribution is 1.22. The number of nitrogens with zero attached hydrogens (tertiary/aromatic N) is 6. The third kappa shape index (κ3) is 5.51. The minimum absolute atomic E-state index is 0.805. The van der Waals surface area contributed by atoms with Crippen LogP contribution in [-0.4, -0.2) is 29.9 Å². The number of aromatic nitrogens is 6. The summed E-state index contributed by atoms with van der Waals surface area (Å²) in [6, 6.07) is 45.0. The summed E-state index contributed by atoms with van der Waals surface area (Å²) >= 11 is 0. The van der Waals surface area contributed by atoms with Crippen LogP contribution in [0.5, 0.6) is 0 Å². The topological polar surface area (TPSA) is 77.3 Å². The van der Waals surface area contributed by atoms with Crippen LogP contribution in [0.4, 0.5) is 0 Å². The van der Waals surface area contributed by atoms with Gasteiger partial charge < -0.3 is 0 Å². The van der Waals surface area contributed by atoms with Crippen molar-refractivity contribution in [3.63, 3.8) is 0 Å². The monoisotopic (exact) mass is 590 g/mol. The van der Waals surface area contributed by atoms with Crippen LogP contribution < -0.4 is 0 Å². The highest BCUT2D eigenvalue weighted by Crippen LogP contribution is 2.34. The minimum atomic E-state index is 0.805. The first kappa shape index (κ1) is 27.2. The van der Waals surface area contributed by atoms with E-state index >= 15 is 0 Å². The van der Waals surface area contributed by atoms with Gasteiger partial charge in [0.25, 0.3) is 0 Å². The highest BCUT2D eigenvalue weighted by atomic mass is 14.8. The smallest absolute Gasteiger partial charge is 0.0900 e. The van der Waals surface area contributed by atoms with Crippen LogP contribution in [0.1, 0.15) is 0 Å². The average Bonchev–Trinajstić information content (AvgIpc) is 3.15. The van der Waals surface area contributed by atoms with Gasteiger partial charge in [-0.25, -0.2) is 9.97 Å². The largest absolute Gasteiger partial charge is 0.255 e. The molecule has 0 radical (unpaired) electrons. The quantitative estimate of drug-likeness (QED) is 0.192. The molecular formula is C40H26N6. The van der Waals surface area contributed by atoms with Gasteiger partial charge in [-0.3, -0.25) is 19.9 Å². The zero-order chi connectivity index (χ0) is 30.7. The van der Waals surface area contributed by atoms with Crippen molar-refractivity contribution in [2.45, 2.75) is 0 Å². The standard InChI is InChI=1S/C40H26N6/c1-5-17-41-33(9-1)37-23-31(24-38(45-37)34-10-2-6-18-42-34)29-15-13-28-22-30(16-14-27(28)21-29)32-25-39(35-11-3-7-19-43-35)46-40(26-32)36-12-4-8-20-44-36/h1-26H. The van der Waals surface area contributed by atoms with E-state index in [0.717, 1.165) is 78.6 Å². The Balaban J connectivity index is 1.21. The van der Waals surface area contributed by atoms with Gasteiger partial charge in [-0.2, -0.15) is 0 Å². The van der Waals surface area contributed by atoms with Crippen LogP contribution >= 0.6 is 0 Å². The molecule has 8 aromatic rings. The van der Waals surface area contributed by atoms with Crippen molar-refractivity contribution >= 4 is 10.8 Å². The molecule has 0 aliphatic carbocycles. The van der Waals surface area contributed by atoms with Gasteiger partial charge in [-0.05, 0) is 118 Å². The van der Waals surface area contributed by atoms with Crippen LogP contribution in [0.25, 0.3) is 78.6 Å². The summed E-state index contributed by atoms with van der Waals surface area (Å²) < 4.78 is 0. The van der Waals surface area contributed by atoms with Gasteiger partial charge in [0, 0.05) is 24.8 Å². The van der Waals surface area contributed by atoms with E-state index in [9.17, 15) is 0 Å². The molecule has 0 saturated carbocycles. The Hall–Kier alpha value is -6.40. The number of benzene rings is 2. The summed E-state index contributed by atoms with van der Waals surface area (Å²) in [5.74, 6) is 0. The Morgan fingerprint density at radius 3 is 0.870 bits per heavy atom. The first-order chi connectivity index (χ1) is 22.8. The highest BCUT2D eigenvalue weighted by molar-refractivity contribution is 5.92. The molecule has 216 valence electrons. The van der Waals surface area contributed by atoms with E-state index in [4.69, 9.17) is 9.97 Å². The van der Waals surface area contributed by atoms with Crippen molar-refractivity contribution in [3.8, 4) is 67.8 Å². The lowest BCUT2D eigenvalue weighted by atomic mass is 9.96. The number of fused-ring (bicyclic) bond motifs is 1. The summed E-state index contributed by atoms with van der Waals surface area (Å²) in [5, 5.41) is 2.28. The van der Waals surface area contributed by atoms with Crippen molar-refractivity contribution in [1.82, 2.24) is 29.9 Å². The molecule has 6 nitrogen and oxygen atoms in total. The first-order valence-electron chi connectivity index (χ1n) is 15.0. The number of hydrogen-bond acceptors (Lipinski definition) is 6. The van der Waals surface area contributed by atoms with E-state index in [0.29, 0.717) is 0 Å². The van der Waals surface area contributed by atoms with E-state index < -0.39 is 0 Å². The molecular weight excluding hydrogens is 564 g/mol. The van der Waals surface area contributed by atoms with Crippen LogP contribution in [-0.2, 0) is 0 Å².